The van der Waals surface area contributed by atoms with E-state index < -0.39 is 0 Å². The van der Waals surface area contributed by atoms with Crippen LogP contribution in [0.3, 0.4) is 0 Å². The highest BCUT2D eigenvalue weighted by Crippen LogP contribution is 2.32. The normalized spacial score (nSPS) is 15.7. The number of anilines is 1. The molecule has 1 aromatic heterocycles. The molecule has 1 unspecified atom stereocenters. The number of hydrogen-bond donors (Lipinski definition) is 1. The van der Waals surface area contributed by atoms with Crippen LogP contribution in [0.2, 0.25) is 0 Å². The molecule has 2 aromatic rings. The largest absolute Gasteiger partial charge is 0.330 e. The Morgan fingerprint density at radius 2 is 2.00 bits per heavy atom. The third kappa shape index (κ3) is 2.96. The van der Waals surface area contributed by atoms with Gasteiger partial charge in [-0.2, -0.15) is 0 Å². The average molecular weight is 312 g/mol. The van der Waals surface area contributed by atoms with Crippen molar-refractivity contribution in [1.29, 1.82) is 0 Å². The Kier molecular flexibility index (Phi) is 4.11. The summed E-state index contributed by atoms with van der Waals surface area (Å²) in [6.07, 6.45) is 5.64. The lowest BCUT2D eigenvalue weighted by Gasteiger charge is -2.33. The number of carbonyl (C=O) groups excluding carboxylic acids is 1. The highest BCUT2D eigenvalue weighted by molar-refractivity contribution is 5.92. The number of nitrogens with zero attached hydrogens (tertiary/aromatic N) is 3. The van der Waals surface area contributed by atoms with Gasteiger partial charge in [-0.3, -0.25) is 0 Å². The number of benzene rings is 1. The van der Waals surface area contributed by atoms with Gasteiger partial charge in [0, 0.05) is 30.7 Å². The molecule has 3 rings (SSSR count). The van der Waals surface area contributed by atoms with Crippen LogP contribution in [0.4, 0.5) is 10.5 Å². The summed E-state index contributed by atoms with van der Waals surface area (Å²) < 4.78 is 2.12. The molecule has 1 aromatic carbocycles. The van der Waals surface area contributed by atoms with Gasteiger partial charge in [-0.05, 0) is 37.0 Å². The van der Waals surface area contributed by atoms with E-state index in [1.807, 2.05) is 31.3 Å². The average Bonchev–Trinajstić information content (AvgIpc) is 2.99. The molecule has 0 spiro atoms. The first kappa shape index (κ1) is 15.6. The van der Waals surface area contributed by atoms with Crippen LogP contribution in [0.25, 0.3) is 0 Å². The second-order valence-electron chi connectivity index (χ2n) is 6.77. The molecule has 1 aliphatic heterocycles. The van der Waals surface area contributed by atoms with E-state index in [1.165, 1.54) is 5.56 Å². The standard InChI is InChI=1S/C18H24N4O/c1-12(2)17(21-8-7-19-11-21)14-5-6-15-10-22(13(3)4)18(23)20-16(15)9-14/h5-9,11-13,17H,10H2,1-4H3,(H,20,23). The Labute approximate surface area is 137 Å². The zero-order valence-corrected chi connectivity index (χ0v) is 14.2. The maximum atomic E-state index is 12.2. The highest BCUT2D eigenvalue weighted by atomic mass is 16.2. The molecule has 0 bridgehead atoms. The van der Waals surface area contributed by atoms with Gasteiger partial charge in [0.2, 0.25) is 0 Å². The van der Waals surface area contributed by atoms with Gasteiger partial charge in [0.15, 0.2) is 0 Å². The van der Waals surface area contributed by atoms with Crippen molar-refractivity contribution >= 4 is 11.7 Å². The Bertz CT molecular complexity index is 691. The number of carbonyl (C=O) groups is 1. The number of aromatic nitrogens is 2. The van der Waals surface area contributed by atoms with Crippen LogP contribution in [-0.4, -0.2) is 26.5 Å². The van der Waals surface area contributed by atoms with Crippen molar-refractivity contribution in [2.45, 2.75) is 46.3 Å². The van der Waals surface area contributed by atoms with Crippen LogP contribution in [0, 0.1) is 5.92 Å². The van der Waals surface area contributed by atoms with Crippen LogP contribution in [-0.2, 0) is 6.54 Å². The SMILES string of the molecule is CC(C)C(c1ccc2c(c1)NC(=O)N(C(C)C)C2)n1ccnc1. The van der Waals surface area contributed by atoms with E-state index in [4.69, 9.17) is 0 Å². The lowest BCUT2D eigenvalue weighted by molar-refractivity contribution is 0.191. The summed E-state index contributed by atoms with van der Waals surface area (Å²) in [6.45, 7) is 9.13. The molecule has 5 nitrogen and oxygen atoms in total. The van der Waals surface area contributed by atoms with E-state index in [0.29, 0.717) is 12.5 Å². The molecule has 0 aliphatic carbocycles. The van der Waals surface area contributed by atoms with E-state index in [-0.39, 0.29) is 18.1 Å². The molecule has 0 saturated carbocycles. The maximum absolute atomic E-state index is 12.2. The topological polar surface area (TPSA) is 50.2 Å². The zero-order valence-electron chi connectivity index (χ0n) is 14.2. The van der Waals surface area contributed by atoms with E-state index in [2.05, 4.69) is 46.9 Å². The number of fused-ring (bicyclic) bond motifs is 1. The first-order chi connectivity index (χ1) is 11.0. The lowest BCUT2D eigenvalue weighted by Crippen LogP contribution is -2.42. The number of nitrogens with one attached hydrogen (secondary N) is 1. The van der Waals surface area contributed by atoms with Gasteiger partial charge in [0.1, 0.15) is 0 Å². The maximum Gasteiger partial charge on any atom is 0.322 e. The van der Waals surface area contributed by atoms with Gasteiger partial charge in [-0.15, -0.1) is 0 Å². The third-order valence-corrected chi connectivity index (χ3v) is 4.42. The van der Waals surface area contributed by atoms with Gasteiger partial charge in [-0.1, -0.05) is 26.0 Å². The van der Waals surface area contributed by atoms with Crippen LogP contribution in [0.1, 0.15) is 44.9 Å². The van der Waals surface area contributed by atoms with Crippen molar-refractivity contribution in [3.8, 4) is 0 Å². The van der Waals surface area contributed by atoms with Crippen LogP contribution >= 0.6 is 0 Å². The number of urea groups is 1. The number of amides is 2. The minimum Gasteiger partial charge on any atom is -0.330 e. The van der Waals surface area contributed by atoms with Crippen molar-refractivity contribution in [2.24, 2.45) is 5.92 Å². The molecular formula is C18H24N4O. The van der Waals surface area contributed by atoms with Gasteiger partial charge in [-0.25, -0.2) is 9.78 Å². The lowest BCUT2D eigenvalue weighted by atomic mass is 9.93. The minimum absolute atomic E-state index is 0.0200. The first-order valence-corrected chi connectivity index (χ1v) is 8.15. The molecule has 1 aliphatic rings. The second-order valence-corrected chi connectivity index (χ2v) is 6.77. The smallest absolute Gasteiger partial charge is 0.322 e. The molecule has 2 heterocycles. The predicted octanol–water partition coefficient (Wildman–Crippen LogP) is 3.88. The van der Waals surface area contributed by atoms with Gasteiger partial charge in [0.25, 0.3) is 0 Å². The summed E-state index contributed by atoms with van der Waals surface area (Å²) in [6, 6.07) is 6.79. The molecule has 5 heteroatoms. The van der Waals surface area contributed by atoms with Crippen molar-refractivity contribution in [1.82, 2.24) is 14.5 Å². The van der Waals surface area contributed by atoms with Crippen molar-refractivity contribution in [3.05, 3.63) is 48.0 Å². The molecule has 1 atom stereocenters. The fraction of sp³-hybridized carbons (Fsp3) is 0.444. The van der Waals surface area contributed by atoms with E-state index in [9.17, 15) is 4.79 Å². The molecule has 0 radical (unpaired) electrons. The Morgan fingerprint density at radius 1 is 1.22 bits per heavy atom. The van der Waals surface area contributed by atoms with Crippen LogP contribution in [0.5, 0.6) is 0 Å². The van der Waals surface area contributed by atoms with Gasteiger partial charge < -0.3 is 14.8 Å². The molecule has 1 N–H and O–H groups in total. The number of rotatable bonds is 4. The zero-order chi connectivity index (χ0) is 16.6. The molecule has 2 amide bonds. The summed E-state index contributed by atoms with van der Waals surface area (Å²) in [5.74, 6) is 0.425. The molecular weight excluding hydrogens is 288 g/mol. The monoisotopic (exact) mass is 312 g/mol. The summed E-state index contributed by atoms with van der Waals surface area (Å²) in [5.41, 5.74) is 3.28. The number of imidazole rings is 1. The second kappa shape index (κ2) is 6.07. The summed E-state index contributed by atoms with van der Waals surface area (Å²) in [5, 5.41) is 3.03. The third-order valence-electron chi connectivity index (χ3n) is 4.42. The van der Waals surface area contributed by atoms with Gasteiger partial charge in [0.05, 0.1) is 12.4 Å². The summed E-state index contributed by atoms with van der Waals surface area (Å²) >= 11 is 0. The highest BCUT2D eigenvalue weighted by Gasteiger charge is 2.26. The molecule has 122 valence electrons. The Morgan fingerprint density at radius 3 is 2.61 bits per heavy atom. The molecule has 23 heavy (non-hydrogen) atoms. The molecule has 0 saturated heterocycles. The Balaban J connectivity index is 1.95. The molecule has 0 fully saturated rings. The van der Waals surface area contributed by atoms with E-state index in [1.54, 1.807) is 6.20 Å². The van der Waals surface area contributed by atoms with Crippen LogP contribution in [0.15, 0.2) is 36.9 Å². The summed E-state index contributed by atoms with van der Waals surface area (Å²) in [7, 11) is 0. The fourth-order valence-electron chi connectivity index (χ4n) is 3.23. The number of hydrogen-bond acceptors (Lipinski definition) is 2. The van der Waals surface area contributed by atoms with E-state index >= 15 is 0 Å². The van der Waals surface area contributed by atoms with Crippen molar-refractivity contribution < 1.29 is 4.79 Å². The van der Waals surface area contributed by atoms with Crippen molar-refractivity contribution in [3.63, 3.8) is 0 Å². The fourth-order valence-corrected chi connectivity index (χ4v) is 3.23. The Hall–Kier alpha value is -2.30. The predicted molar refractivity (Wildman–Crippen MR) is 91.3 cm³/mol. The first-order valence-electron chi connectivity index (χ1n) is 8.15. The van der Waals surface area contributed by atoms with E-state index in [0.717, 1.165) is 11.3 Å². The van der Waals surface area contributed by atoms with Crippen molar-refractivity contribution in [2.75, 3.05) is 5.32 Å². The minimum atomic E-state index is -0.0200. The quantitative estimate of drug-likeness (QED) is 0.931. The summed E-state index contributed by atoms with van der Waals surface area (Å²) in [4.78, 5) is 18.3. The van der Waals surface area contributed by atoms with Crippen LogP contribution < -0.4 is 5.32 Å². The van der Waals surface area contributed by atoms with Gasteiger partial charge >= 0.3 is 6.03 Å².